The van der Waals surface area contributed by atoms with Gasteiger partial charge in [-0.1, -0.05) is 5.16 Å². The molecule has 94 valence electrons. The summed E-state index contributed by atoms with van der Waals surface area (Å²) in [6.45, 7) is 2.14. The van der Waals surface area contributed by atoms with Crippen LogP contribution in [0, 0.1) is 0 Å². The number of hydrogen-bond donors (Lipinski definition) is 0. The minimum Gasteiger partial charge on any atom is -0.466 e. The average molecular weight is 274 g/mol. The predicted molar refractivity (Wildman–Crippen MR) is 67.2 cm³/mol. The number of carbonyl (C=O) groups excluding carboxylic acids is 1. The van der Waals surface area contributed by atoms with E-state index < -0.39 is 0 Å². The molecule has 0 radical (unpaired) electrons. The van der Waals surface area contributed by atoms with Crippen LogP contribution >= 0.6 is 23.5 Å². The van der Waals surface area contributed by atoms with E-state index in [2.05, 4.69) is 10.1 Å². The Balaban J connectivity index is 1.93. The summed E-state index contributed by atoms with van der Waals surface area (Å²) in [7, 11) is 0. The van der Waals surface area contributed by atoms with Gasteiger partial charge in [-0.3, -0.25) is 4.79 Å². The second-order valence-corrected chi connectivity index (χ2v) is 5.92. The Hall–Kier alpha value is -0.690. The van der Waals surface area contributed by atoms with E-state index in [0.717, 1.165) is 11.5 Å². The number of carbonyl (C=O) groups is 1. The van der Waals surface area contributed by atoms with Gasteiger partial charge in [0, 0.05) is 17.3 Å². The lowest BCUT2D eigenvalue weighted by Crippen LogP contribution is -2.09. The molecule has 0 aromatic carbocycles. The van der Waals surface area contributed by atoms with Crippen LogP contribution < -0.4 is 0 Å². The molecule has 7 heteroatoms. The molecule has 0 spiro atoms. The van der Waals surface area contributed by atoms with Crippen molar-refractivity contribution in [1.82, 2.24) is 10.1 Å². The highest BCUT2D eigenvalue weighted by atomic mass is 32.2. The van der Waals surface area contributed by atoms with Crippen LogP contribution in [-0.4, -0.2) is 40.0 Å². The van der Waals surface area contributed by atoms with Gasteiger partial charge < -0.3 is 9.26 Å². The number of ether oxygens (including phenoxy) is 1. The minimum absolute atomic E-state index is 0.0609. The Morgan fingerprint density at radius 1 is 1.59 bits per heavy atom. The van der Waals surface area contributed by atoms with Crippen molar-refractivity contribution >= 4 is 29.5 Å². The molecule has 1 aliphatic heterocycles. The largest absolute Gasteiger partial charge is 0.466 e. The van der Waals surface area contributed by atoms with Crippen LogP contribution in [0.25, 0.3) is 0 Å². The Morgan fingerprint density at radius 3 is 3.18 bits per heavy atom. The SMILES string of the molecule is CCOC(=O)Cc1nc(C2CSCCS2)no1. The van der Waals surface area contributed by atoms with E-state index in [1.165, 1.54) is 5.75 Å². The summed E-state index contributed by atoms with van der Waals surface area (Å²) < 4.78 is 9.87. The van der Waals surface area contributed by atoms with Gasteiger partial charge in [0.15, 0.2) is 5.82 Å². The van der Waals surface area contributed by atoms with Crippen LogP contribution in [0.4, 0.5) is 0 Å². The fourth-order valence-corrected chi connectivity index (χ4v) is 4.03. The molecule has 0 saturated carbocycles. The van der Waals surface area contributed by atoms with Crippen LogP contribution in [0.1, 0.15) is 23.9 Å². The number of hydrogen-bond acceptors (Lipinski definition) is 7. The number of thioether (sulfide) groups is 2. The first-order valence-corrected chi connectivity index (χ1v) is 7.67. The summed E-state index contributed by atoms with van der Waals surface area (Å²) >= 11 is 3.73. The van der Waals surface area contributed by atoms with Gasteiger partial charge in [0.1, 0.15) is 6.42 Å². The average Bonchev–Trinajstić information content (AvgIpc) is 2.79. The highest BCUT2D eigenvalue weighted by Gasteiger charge is 2.22. The van der Waals surface area contributed by atoms with Crippen molar-refractivity contribution in [3.63, 3.8) is 0 Å². The van der Waals surface area contributed by atoms with Gasteiger partial charge in [-0.05, 0) is 6.92 Å². The third-order valence-electron chi connectivity index (χ3n) is 2.19. The monoisotopic (exact) mass is 274 g/mol. The zero-order chi connectivity index (χ0) is 12.1. The van der Waals surface area contributed by atoms with Gasteiger partial charge in [-0.2, -0.15) is 16.7 Å². The molecule has 5 nitrogen and oxygen atoms in total. The molecular weight excluding hydrogens is 260 g/mol. The lowest BCUT2D eigenvalue weighted by Gasteiger charge is -2.16. The van der Waals surface area contributed by atoms with Gasteiger partial charge >= 0.3 is 5.97 Å². The number of esters is 1. The lowest BCUT2D eigenvalue weighted by atomic mass is 10.4. The van der Waals surface area contributed by atoms with Crippen molar-refractivity contribution in [3.8, 4) is 0 Å². The normalized spacial score (nSPS) is 20.2. The van der Waals surface area contributed by atoms with Crippen LogP contribution in [0.15, 0.2) is 4.52 Å². The third kappa shape index (κ3) is 3.64. The Kier molecular flexibility index (Phi) is 4.73. The molecule has 2 heterocycles. The molecule has 0 N–H and O–H groups in total. The smallest absolute Gasteiger partial charge is 0.315 e. The van der Waals surface area contributed by atoms with Crippen molar-refractivity contribution < 1.29 is 14.1 Å². The summed E-state index contributed by atoms with van der Waals surface area (Å²) in [4.78, 5) is 15.5. The number of aromatic nitrogens is 2. The molecule has 0 amide bonds. The van der Waals surface area contributed by atoms with E-state index in [4.69, 9.17) is 9.26 Å². The van der Waals surface area contributed by atoms with Crippen molar-refractivity contribution in [2.45, 2.75) is 18.6 Å². The van der Waals surface area contributed by atoms with E-state index in [0.29, 0.717) is 18.3 Å². The van der Waals surface area contributed by atoms with Crippen LogP contribution in [0.5, 0.6) is 0 Å². The quantitative estimate of drug-likeness (QED) is 0.774. The molecule has 1 aliphatic rings. The van der Waals surface area contributed by atoms with Crippen molar-refractivity contribution in [1.29, 1.82) is 0 Å². The van der Waals surface area contributed by atoms with E-state index in [1.807, 2.05) is 23.5 Å². The van der Waals surface area contributed by atoms with Crippen LogP contribution in [0.2, 0.25) is 0 Å². The van der Waals surface area contributed by atoms with E-state index in [-0.39, 0.29) is 17.6 Å². The second-order valence-electron chi connectivity index (χ2n) is 3.46. The molecular formula is C10H14N2O3S2. The number of nitrogens with zero attached hydrogens (tertiary/aromatic N) is 2. The highest BCUT2D eigenvalue weighted by molar-refractivity contribution is 8.06. The molecule has 1 saturated heterocycles. The maximum Gasteiger partial charge on any atom is 0.315 e. The standard InChI is InChI=1S/C10H14N2O3S2/c1-2-14-9(13)5-8-11-10(12-15-8)7-6-16-3-4-17-7/h7H,2-6H2,1H3. The molecule has 1 fully saturated rings. The predicted octanol–water partition coefficient (Wildman–Crippen LogP) is 1.70. The van der Waals surface area contributed by atoms with Crippen LogP contribution in [-0.2, 0) is 16.0 Å². The Labute approximate surface area is 108 Å². The molecule has 2 rings (SSSR count). The van der Waals surface area contributed by atoms with Gasteiger partial charge in [0.2, 0.25) is 5.89 Å². The Bertz CT molecular complexity index is 377. The van der Waals surface area contributed by atoms with E-state index in [1.54, 1.807) is 6.92 Å². The van der Waals surface area contributed by atoms with Gasteiger partial charge in [0.25, 0.3) is 0 Å². The minimum atomic E-state index is -0.326. The van der Waals surface area contributed by atoms with Gasteiger partial charge in [-0.25, -0.2) is 0 Å². The van der Waals surface area contributed by atoms with Crippen molar-refractivity contribution in [2.75, 3.05) is 23.9 Å². The van der Waals surface area contributed by atoms with Crippen molar-refractivity contribution in [2.24, 2.45) is 0 Å². The zero-order valence-electron chi connectivity index (χ0n) is 9.55. The van der Waals surface area contributed by atoms with Gasteiger partial charge in [0.05, 0.1) is 11.9 Å². The zero-order valence-corrected chi connectivity index (χ0v) is 11.2. The summed E-state index contributed by atoms with van der Waals surface area (Å²) in [5, 5.41) is 4.21. The first-order chi connectivity index (χ1) is 8.29. The van der Waals surface area contributed by atoms with Gasteiger partial charge in [-0.15, -0.1) is 11.8 Å². The molecule has 17 heavy (non-hydrogen) atoms. The summed E-state index contributed by atoms with van der Waals surface area (Å²) in [6.07, 6.45) is 0.0609. The van der Waals surface area contributed by atoms with Crippen molar-refractivity contribution in [3.05, 3.63) is 11.7 Å². The number of rotatable bonds is 4. The fourth-order valence-electron chi connectivity index (χ4n) is 1.44. The first-order valence-electron chi connectivity index (χ1n) is 5.47. The molecule has 1 unspecified atom stereocenters. The third-order valence-corrected chi connectivity index (χ3v) is 4.94. The lowest BCUT2D eigenvalue weighted by molar-refractivity contribution is -0.142. The molecule has 1 atom stereocenters. The topological polar surface area (TPSA) is 65.2 Å². The molecule has 1 aromatic heterocycles. The summed E-state index contributed by atoms with van der Waals surface area (Å²) in [5.41, 5.74) is 0. The molecule has 0 aliphatic carbocycles. The summed E-state index contributed by atoms with van der Waals surface area (Å²) in [5.74, 6) is 4.00. The second kappa shape index (κ2) is 6.30. The fraction of sp³-hybridized carbons (Fsp3) is 0.700. The highest BCUT2D eigenvalue weighted by Crippen LogP contribution is 2.35. The summed E-state index contributed by atoms with van der Waals surface area (Å²) in [6, 6.07) is 0. The molecule has 0 bridgehead atoms. The maximum atomic E-state index is 11.2. The molecule has 1 aromatic rings. The Morgan fingerprint density at radius 2 is 2.47 bits per heavy atom. The van der Waals surface area contributed by atoms with E-state index in [9.17, 15) is 4.79 Å². The van der Waals surface area contributed by atoms with Crippen LogP contribution in [0.3, 0.4) is 0 Å². The maximum absolute atomic E-state index is 11.2. The first kappa shape index (κ1) is 12.8. The van der Waals surface area contributed by atoms with E-state index >= 15 is 0 Å².